The molecule has 0 radical (unpaired) electrons. The van der Waals surface area contributed by atoms with Crippen LogP contribution in [-0.2, 0) is 0 Å². The molecule has 0 unspecified atom stereocenters. The van der Waals surface area contributed by atoms with Crippen LogP contribution in [0, 0.1) is 22.7 Å². The lowest BCUT2D eigenvalue weighted by molar-refractivity contribution is 0.949. The van der Waals surface area contributed by atoms with E-state index in [-0.39, 0.29) is 5.57 Å². The van der Waals surface area contributed by atoms with E-state index in [1.807, 2.05) is 30.3 Å². The maximum atomic E-state index is 8.69. The number of nitrogens with zero attached hydrogens (tertiary/aromatic N) is 3. The molecule has 4 heteroatoms. The first-order valence-corrected chi connectivity index (χ1v) is 5.96. The van der Waals surface area contributed by atoms with E-state index in [9.17, 15) is 0 Å². The average molecular weight is 238 g/mol. The number of anilines is 2. The number of hydrogen-bond donors (Lipinski definition) is 1. The highest BCUT2D eigenvalue weighted by atomic mass is 15.2. The van der Waals surface area contributed by atoms with E-state index in [4.69, 9.17) is 10.5 Å². The number of benzene rings is 1. The molecule has 0 saturated carbocycles. The monoisotopic (exact) mass is 238 g/mol. The van der Waals surface area contributed by atoms with Crippen LogP contribution < -0.4 is 10.2 Å². The standard InChI is InChI=1S/C14H14N4/c15-9-12(10-16)11-17-13-5-1-2-6-14(13)18-7-3-4-8-18/h1-2,5-6,11,17H,3-4,7-8H2. The van der Waals surface area contributed by atoms with Gasteiger partial charge in [0.2, 0.25) is 0 Å². The van der Waals surface area contributed by atoms with Crippen molar-refractivity contribution in [2.45, 2.75) is 12.8 Å². The molecule has 1 heterocycles. The molecule has 0 amide bonds. The van der Waals surface area contributed by atoms with Crippen molar-refractivity contribution in [3.63, 3.8) is 0 Å². The van der Waals surface area contributed by atoms with Crippen LogP contribution in [0.3, 0.4) is 0 Å². The van der Waals surface area contributed by atoms with E-state index in [2.05, 4.69) is 16.3 Å². The van der Waals surface area contributed by atoms with Crippen molar-refractivity contribution in [1.82, 2.24) is 0 Å². The number of para-hydroxylation sites is 2. The Morgan fingerprint density at radius 3 is 2.50 bits per heavy atom. The molecule has 1 aliphatic rings. The molecule has 0 aliphatic carbocycles. The first kappa shape index (κ1) is 12.0. The normalized spacial score (nSPS) is 13.6. The number of allylic oxidation sites excluding steroid dienone is 1. The number of nitrogens with one attached hydrogen (secondary N) is 1. The van der Waals surface area contributed by atoms with Crippen LogP contribution in [0.15, 0.2) is 36.0 Å². The Morgan fingerprint density at radius 2 is 1.83 bits per heavy atom. The van der Waals surface area contributed by atoms with Gasteiger partial charge in [0, 0.05) is 19.3 Å². The number of hydrogen-bond acceptors (Lipinski definition) is 4. The minimum absolute atomic E-state index is 0.0752. The predicted molar refractivity (Wildman–Crippen MR) is 70.8 cm³/mol. The molecule has 1 fully saturated rings. The Balaban J connectivity index is 2.21. The molecule has 1 N–H and O–H groups in total. The summed E-state index contributed by atoms with van der Waals surface area (Å²) in [5.41, 5.74) is 2.13. The molecule has 0 atom stereocenters. The van der Waals surface area contributed by atoms with E-state index < -0.39 is 0 Å². The SMILES string of the molecule is N#CC(C#N)=CNc1ccccc1N1CCCC1. The van der Waals surface area contributed by atoms with Gasteiger partial charge in [-0.05, 0) is 25.0 Å². The molecule has 18 heavy (non-hydrogen) atoms. The summed E-state index contributed by atoms with van der Waals surface area (Å²) in [6, 6.07) is 11.6. The van der Waals surface area contributed by atoms with Gasteiger partial charge in [-0.2, -0.15) is 10.5 Å². The Hall–Kier alpha value is -2.46. The van der Waals surface area contributed by atoms with Crippen molar-refractivity contribution in [3.8, 4) is 12.1 Å². The average Bonchev–Trinajstić information content (AvgIpc) is 2.94. The quantitative estimate of drug-likeness (QED) is 0.822. The summed E-state index contributed by atoms with van der Waals surface area (Å²) in [6.07, 6.45) is 3.88. The van der Waals surface area contributed by atoms with Crippen LogP contribution in [0.1, 0.15) is 12.8 Å². The molecule has 1 saturated heterocycles. The Kier molecular flexibility index (Phi) is 3.83. The summed E-state index contributed by atoms with van der Waals surface area (Å²) in [5, 5.41) is 20.4. The smallest absolute Gasteiger partial charge is 0.145 e. The highest BCUT2D eigenvalue weighted by Gasteiger charge is 2.14. The zero-order valence-corrected chi connectivity index (χ0v) is 10.1. The molecule has 0 aromatic heterocycles. The van der Waals surface area contributed by atoms with Gasteiger partial charge in [-0.1, -0.05) is 12.1 Å². The van der Waals surface area contributed by atoms with Gasteiger partial charge in [0.05, 0.1) is 11.4 Å². The molecular formula is C14H14N4. The predicted octanol–water partition coefficient (Wildman–Crippen LogP) is 2.63. The Labute approximate surface area is 107 Å². The first-order chi connectivity index (χ1) is 8.85. The van der Waals surface area contributed by atoms with Crippen molar-refractivity contribution in [2.75, 3.05) is 23.3 Å². The van der Waals surface area contributed by atoms with Gasteiger partial charge in [-0.15, -0.1) is 0 Å². The lowest BCUT2D eigenvalue weighted by Crippen LogP contribution is -2.18. The molecule has 0 bridgehead atoms. The second-order valence-corrected chi connectivity index (χ2v) is 4.14. The molecule has 1 aliphatic heterocycles. The van der Waals surface area contributed by atoms with E-state index in [0.29, 0.717) is 0 Å². The topological polar surface area (TPSA) is 62.9 Å². The lowest BCUT2D eigenvalue weighted by atomic mass is 10.2. The van der Waals surface area contributed by atoms with E-state index >= 15 is 0 Å². The van der Waals surface area contributed by atoms with Gasteiger partial charge in [0.1, 0.15) is 17.7 Å². The fourth-order valence-electron chi connectivity index (χ4n) is 2.07. The van der Waals surface area contributed by atoms with Gasteiger partial charge in [0.15, 0.2) is 0 Å². The molecule has 4 nitrogen and oxygen atoms in total. The summed E-state index contributed by atoms with van der Waals surface area (Å²) < 4.78 is 0. The van der Waals surface area contributed by atoms with Gasteiger partial charge in [-0.25, -0.2) is 0 Å². The van der Waals surface area contributed by atoms with Crippen LogP contribution in [0.2, 0.25) is 0 Å². The zero-order chi connectivity index (χ0) is 12.8. The van der Waals surface area contributed by atoms with E-state index in [1.165, 1.54) is 19.0 Å². The molecule has 0 spiro atoms. The summed E-state index contributed by atoms with van der Waals surface area (Å²) >= 11 is 0. The summed E-state index contributed by atoms with van der Waals surface area (Å²) in [7, 11) is 0. The van der Waals surface area contributed by atoms with Gasteiger partial charge < -0.3 is 10.2 Å². The third-order valence-electron chi connectivity index (χ3n) is 2.96. The van der Waals surface area contributed by atoms with Crippen molar-refractivity contribution in [2.24, 2.45) is 0 Å². The largest absolute Gasteiger partial charge is 0.370 e. The third-order valence-corrected chi connectivity index (χ3v) is 2.96. The summed E-state index contributed by atoms with van der Waals surface area (Å²) in [4.78, 5) is 2.31. The second-order valence-electron chi connectivity index (χ2n) is 4.14. The van der Waals surface area contributed by atoms with Gasteiger partial charge >= 0.3 is 0 Å². The highest BCUT2D eigenvalue weighted by molar-refractivity contribution is 5.71. The van der Waals surface area contributed by atoms with Crippen LogP contribution in [0.4, 0.5) is 11.4 Å². The molecule has 2 rings (SSSR count). The lowest BCUT2D eigenvalue weighted by Gasteiger charge is -2.20. The minimum Gasteiger partial charge on any atom is -0.370 e. The zero-order valence-electron chi connectivity index (χ0n) is 10.1. The maximum absolute atomic E-state index is 8.69. The van der Waals surface area contributed by atoms with E-state index in [1.54, 1.807) is 0 Å². The third kappa shape index (κ3) is 2.61. The number of rotatable bonds is 3. The van der Waals surface area contributed by atoms with Gasteiger partial charge in [-0.3, -0.25) is 0 Å². The molecule has 1 aromatic rings. The van der Waals surface area contributed by atoms with Crippen LogP contribution in [0.5, 0.6) is 0 Å². The maximum Gasteiger partial charge on any atom is 0.145 e. The fraction of sp³-hybridized carbons (Fsp3) is 0.286. The Morgan fingerprint density at radius 1 is 1.17 bits per heavy atom. The van der Waals surface area contributed by atoms with Crippen molar-refractivity contribution in [3.05, 3.63) is 36.0 Å². The first-order valence-electron chi connectivity index (χ1n) is 5.96. The minimum atomic E-state index is 0.0752. The van der Waals surface area contributed by atoms with Crippen molar-refractivity contribution < 1.29 is 0 Å². The molecule has 90 valence electrons. The second kappa shape index (κ2) is 5.75. The molecule has 1 aromatic carbocycles. The number of nitriles is 2. The van der Waals surface area contributed by atoms with Crippen LogP contribution in [-0.4, -0.2) is 13.1 Å². The van der Waals surface area contributed by atoms with Crippen molar-refractivity contribution >= 4 is 11.4 Å². The van der Waals surface area contributed by atoms with Gasteiger partial charge in [0.25, 0.3) is 0 Å². The fourth-order valence-corrected chi connectivity index (χ4v) is 2.07. The Bertz CT molecular complexity index is 511. The van der Waals surface area contributed by atoms with Crippen LogP contribution >= 0.6 is 0 Å². The molecular weight excluding hydrogens is 224 g/mol. The van der Waals surface area contributed by atoms with E-state index in [0.717, 1.165) is 24.5 Å². The summed E-state index contributed by atoms with van der Waals surface area (Å²) in [5.74, 6) is 0. The van der Waals surface area contributed by atoms with Crippen molar-refractivity contribution in [1.29, 1.82) is 10.5 Å². The van der Waals surface area contributed by atoms with Crippen LogP contribution in [0.25, 0.3) is 0 Å². The highest BCUT2D eigenvalue weighted by Crippen LogP contribution is 2.28. The summed E-state index contributed by atoms with van der Waals surface area (Å²) in [6.45, 7) is 2.12.